The summed E-state index contributed by atoms with van der Waals surface area (Å²) in [5.41, 5.74) is 1.81. The van der Waals surface area contributed by atoms with Gasteiger partial charge in [-0.2, -0.15) is 5.10 Å². The molecule has 0 amide bonds. The molecule has 10 nitrogen and oxygen atoms in total. The SMILES string of the molecule is O=C(O)[C@]1(c2ccccc2)CC/C(=N/Nc2ccc([N+](=O)[O-])cc2[N+](=O)[O-])C1. The van der Waals surface area contributed by atoms with Crippen molar-refractivity contribution in [2.24, 2.45) is 5.10 Å². The molecule has 1 aliphatic carbocycles. The number of hydrogen-bond acceptors (Lipinski definition) is 7. The Balaban J connectivity index is 1.86. The first-order valence-electron chi connectivity index (χ1n) is 8.37. The average Bonchev–Trinajstić information content (AvgIpc) is 3.12. The molecule has 0 radical (unpaired) electrons. The van der Waals surface area contributed by atoms with Crippen LogP contribution in [0, 0.1) is 20.2 Å². The van der Waals surface area contributed by atoms with E-state index in [4.69, 9.17) is 0 Å². The van der Waals surface area contributed by atoms with E-state index in [1.54, 1.807) is 30.3 Å². The summed E-state index contributed by atoms with van der Waals surface area (Å²) in [4.78, 5) is 32.5. The number of rotatable bonds is 6. The van der Waals surface area contributed by atoms with Crippen LogP contribution in [0.3, 0.4) is 0 Å². The third-order valence-corrected chi connectivity index (χ3v) is 4.81. The number of non-ortho nitro benzene ring substituents is 1. The van der Waals surface area contributed by atoms with Crippen molar-refractivity contribution < 1.29 is 19.7 Å². The zero-order valence-corrected chi connectivity index (χ0v) is 14.6. The lowest BCUT2D eigenvalue weighted by Crippen LogP contribution is -2.33. The fourth-order valence-electron chi connectivity index (χ4n) is 3.31. The summed E-state index contributed by atoms with van der Waals surface area (Å²) in [7, 11) is 0. The van der Waals surface area contributed by atoms with Crippen LogP contribution in [0.25, 0.3) is 0 Å². The predicted octanol–water partition coefficient (Wildman–Crippen LogP) is 3.48. The molecular weight excluding hydrogens is 368 g/mol. The zero-order valence-electron chi connectivity index (χ0n) is 14.6. The van der Waals surface area contributed by atoms with Gasteiger partial charge in [0.15, 0.2) is 0 Å². The summed E-state index contributed by atoms with van der Waals surface area (Å²) in [6.07, 6.45) is 0.935. The number of carboxylic acid groups (broad SMARTS) is 1. The van der Waals surface area contributed by atoms with Crippen molar-refractivity contribution in [2.75, 3.05) is 5.43 Å². The molecular formula is C18H16N4O6. The number of aliphatic carboxylic acids is 1. The summed E-state index contributed by atoms with van der Waals surface area (Å²) in [5.74, 6) is -0.954. The van der Waals surface area contributed by atoms with Gasteiger partial charge in [-0.05, 0) is 24.5 Å². The third-order valence-electron chi connectivity index (χ3n) is 4.81. The number of carboxylic acids is 1. The zero-order chi connectivity index (χ0) is 20.3. The van der Waals surface area contributed by atoms with Crippen molar-refractivity contribution in [3.05, 3.63) is 74.3 Å². The van der Waals surface area contributed by atoms with Gasteiger partial charge in [0.2, 0.25) is 0 Å². The largest absolute Gasteiger partial charge is 0.481 e. The number of nitro benzene ring substituents is 2. The van der Waals surface area contributed by atoms with E-state index in [0.717, 1.165) is 12.1 Å². The van der Waals surface area contributed by atoms with E-state index < -0.39 is 32.6 Å². The number of nitrogens with one attached hydrogen (secondary N) is 1. The molecule has 0 spiro atoms. The van der Waals surface area contributed by atoms with Crippen LogP contribution in [-0.2, 0) is 10.2 Å². The summed E-state index contributed by atoms with van der Waals surface area (Å²) >= 11 is 0. The second-order valence-electron chi connectivity index (χ2n) is 6.44. The van der Waals surface area contributed by atoms with Crippen LogP contribution in [-0.4, -0.2) is 26.6 Å². The molecule has 0 saturated heterocycles. The lowest BCUT2D eigenvalue weighted by Gasteiger charge is -2.23. The molecule has 1 atom stereocenters. The molecule has 3 rings (SSSR count). The molecule has 1 fully saturated rings. The lowest BCUT2D eigenvalue weighted by atomic mass is 9.79. The highest BCUT2D eigenvalue weighted by atomic mass is 16.6. The second-order valence-corrected chi connectivity index (χ2v) is 6.44. The van der Waals surface area contributed by atoms with Gasteiger partial charge in [0.25, 0.3) is 5.69 Å². The van der Waals surface area contributed by atoms with Crippen molar-refractivity contribution in [3.63, 3.8) is 0 Å². The van der Waals surface area contributed by atoms with Crippen LogP contribution >= 0.6 is 0 Å². The first-order valence-corrected chi connectivity index (χ1v) is 8.37. The Labute approximate surface area is 158 Å². The van der Waals surface area contributed by atoms with Gasteiger partial charge in [0.05, 0.1) is 21.3 Å². The van der Waals surface area contributed by atoms with Crippen molar-refractivity contribution >= 4 is 28.7 Å². The number of hydrazone groups is 1. The third kappa shape index (κ3) is 3.52. The number of nitrogens with zero attached hydrogens (tertiary/aromatic N) is 3. The fourth-order valence-corrected chi connectivity index (χ4v) is 3.31. The fraction of sp³-hybridized carbons (Fsp3) is 0.222. The molecule has 10 heteroatoms. The minimum absolute atomic E-state index is 0.00404. The smallest absolute Gasteiger partial charge is 0.314 e. The van der Waals surface area contributed by atoms with Gasteiger partial charge in [-0.3, -0.25) is 30.4 Å². The Kier molecular flexibility index (Phi) is 5.03. The van der Waals surface area contributed by atoms with E-state index in [1.165, 1.54) is 6.07 Å². The first kappa shape index (κ1) is 19.0. The minimum Gasteiger partial charge on any atom is -0.481 e. The Morgan fingerprint density at radius 2 is 1.82 bits per heavy atom. The predicted molar refractivity (Wildman–Crippen MR) is 100 cm³/mol. The van der Waals surface area contributed by atoms with Gasteiger partial charge in [0, 0.05) is 18.2 Å². The Bertz CT molecular complexity index is 975. The van der Waals surface area contributed by atoms with Crippen LogP contribution in [0.4, 0.5) is 17.1 Å². The maximum Gasteiger partial charge on any atom is 0.314 e. The molecule has 1 aliphatic rings. The molecule has 1 saturated carbocycles. The van der Waals surface area contributed by atoms with Crippen LogP contribution in [0.15, 0.2) is 53.6 Å². The van der Waals surface area contributed by atoms with E-state index >= 15 is 0 Å². The molecule has 0 heterocycles. The van der Waals surface area contributed by atoms with Gasteiger partial charge < -0.3 is 5.11 Å². The van der Waals surface area contributed by atoms with Crippen molar-refractivity contribution in [2.45, 2.75) is 24.7 Å². The van der Waals surface area contributed by atoms with E-state index in [9.17, 15) is 30.1 Å². The summed E-state index contributed by atoms with van der Waals surface area (Å²) in [5, 5.41) is 35.9. The average molecular weight is 384 g/mol. The Morgan fingerprint density at radius 1 is 1.11 bits per heavy atom. The maximum absolute atomic E-state index is 12.0. The molecule has 2 N–H and O–H groups in total. The molecule has 144 valence electrons. The number of anilines is 1. The Morgan fingerprint density at radius 3 is 2.43 bits per heavy atom. The summed E-state index contributed by atoms with van der Waals surface area (Å²) in [6.45, 7) is 0. The molecule has 0 bridgehead atoms. The number of carbonyl (C=O) groups is 1. The van der Waals surface area contributed by atoms with Crippen molar-refractivity contribution in [3.8, 4) is 0 Å². The van der Waals surface area contributed by atoms with Crippen LogP contribution in [0.2, 0.25) is 0 Å². The maximum atomic E-state index is 12.0. The highest BCUT2D eigenvalue weighted by Crippen LogP contribution is 2.40. The van der Waals surface area contributed by atoms with E-state index in [2.05, 4.69) is 10.5 Å². The lowest BCUT2D eigenvalue weighted by molar-refractivity contribution is -0.393. The van der Waals surface area contributed by atoms with Crippen LogP contribution in [0.5, 0.6) is 0 Å². The topological polar surface area (TPSA) is 148 Å². The highest BCUT2D eigenvalue weighted by molar-refractivity contribution is 5.97. The number of nitro groups is 2. The van der Waals surface area contributed by atoms with Crippen molar-refractivity contribution in [1.82, 2.24) is 0 Å². The summed E-state index contributed by atoms with van der Waals surface area (Å²) in [6, 6.07) is 12.0. The van der Waals surface area contributed by atoms with Crippen LogP contribution < -0.4 is 5.43 Å². The van der Waals surface area contributed by atoms with Gasteiger partial charge in [-0.25, -0.2) is 0 Å². The molecule has 28 heavy (non-hydrogen) atoms. The van der Waals surface area contributed by atoms with Gasteiger partial charge in [-0.1, -0.05) is 30.3 Å². The molecule has 2 aromatic carbocycles. The normalized spacial score (nSPS) is 20.1. The van der Waals surface area contributed by atoms with Gasteiger partial charge in [0.1, 0.15) is 5.69 Å². The molecule has 2 aromatic rings. The monoisotopic (exact) mass is 384 g/mol. The van der Waals surface area contributed by atoms with Crippen molar-refractivity contribution in [1.29, 1.82) is 0 Å². The molecule has 0 aliphatic heterocycles. The second kappa shape index (κ2) is 7.43. The van der Waals surface area contributed by atoms with Crippen LogP contribution in [0.1, 0.15) is 24.8 Å². The first-order chi connectivity index (χ1) is 13.3. The molecule has 0 aromatic heterocycles. The minimum atomic E-state index is -1.09. The number of benzene rings is 2. The van der Waals surface area contributed by atoms with Gasteiger partial charge >= 0.3 is 11.7 Å². The molecule has 0 unspecified atom stereocenters. The summed E-state index contributed by atoms with van der Waals surface area (Å²) < 4.78 is 0. The Hall–Kier alpha value is -3.82. The van der Waals surface area contributed by atoms with E-state index in [1.807, 2.05) is 0 Å². The highest BCUT2D eigenvalue weighted by Gasteiger charge is 2.45. The number of hydrogen-bond donors (Lipinski definition) is 2. The standard InChI is InChI=1S/C18H16N4O6/c23-17(24)18(12-4-2-1-3-5-12)9-8-13(11-18)19-20-15-7-6-14(21(25)26)10-16(15)22(27)28/h1-7,10,20H,8-9,11H2,(H,23,24)/b19-13-/t18-/m1/s1. The van der Waals surface area contributed by atoms with Gasteiger partial charge in [-0.15, -0.1) is 0 Å². The van der Waals surface area contributed by atoms with E-state index in [0.29, 0.717) is 24.1 Å². The quantitative estimate of drug-likeness (QED) is 0.572. The van der Waals surface area contributed by atoms with E-state index in [-0.39, 0.29) is 12.1 Å².